The summed E-state index contributed by atoms with van der Waals surface area (Å²) in [6.45, 7) is 2.53. The third kappa shape index (κ3) is 7.85. The van der Waals surface area contributed by atoms with Gasteiger partial charge in [0.05, 0.1) is 0 Å². The van der Waals surface area contributed by atoms with E-state index in [-0.39, 0.29) is 12.1 Å². The van der Waals surface area contributed by atoms with Crippen molar-refractivity contribution in [1.29, 1.82) is 0 Å². The Balaban J connectivity index is 0.000000714. The normalized spacial score (nSPS) is 14.2. The molecule has 1 aromatic carbocycles. The monoisotopic (exact) mass is 606 g/mol. The van der Waals surface area contributed by atoms with Crippen molar-refractivity contribution in [3.8, 4) is 11.1 Å². The van der Waals surface area contributed by atoms with Crippen molar-refractivity contribution in [2.45, 2.75) is 16.5 Å². The summed E-state index contributed by atoms with van der Waals surface area (Å²) in [6, 6.07) is 8.31. The molecule has 0 aliphatic carbocycles. The van der Waals surface area contributed by atoms with E-state index in [1.807, 2.05) is 12.4 Å². The van der Waals surface area contributed by atoms with E-state index in [2.05, 4.69) is 15.5 Å². The molecule has 0 amide bonds. The number of ether oxygens (including phenoxy) is 1. The van der Waals surface area contributed by atoms with Crippen LogP contribution in [0.15, 0.2) is 59.8 Å². The fraction of sp³-hybridized carbons (Fsp3) is 0.280. The Morgan fingerprint density at radius 1 is 1.07 bits per heavy atom. The molecular weight excluding hydrogens is 582 g/mol. The molecule has 1 fully saturated rings. The average molecular weight is 606 g/mol. The van der Waals surface area contributed by atoms with Gasteiger partial charge in [0.15, 0.2) is 0 Å². The zero-order valence-electron chi connectivity index (χ0n) is 21.8. The first-order chi connectivity index (χ1) is 19.3. The van der Waals surface area contributed by atoms with Crippen LogP contribution in [0.25, 0.3) is 22.2 Å². The van der Waals surface area contributed by atoms with Crippen LogP contribution in [-0.2, 0) is 25.8 Å². The van der Waals surface area contributed by atoms with Gasteiger partial charge in [-0.05, 0) is 6.07 Å². The molecule has 0 spiro atoms. The molecular formula is C25H24F4N4NaO6P. The number of alkyl halides is 3. The van der Waals surface area contributed by atoms with E-state index in [9.17, 15) is 22.4 Å². The van der Waals surface area contributed by atoms with Crippen molar-refractivity contribution >= 4 is 52.5 Å². The van der Waals surface area contributed by atoms with E-state index in [0.717, 1.165) is 73.2 Å². The predicted molar refractivity (Wildman–Crippen MR) is 143 cm³/mol. The molecule has 1 saturated heterocycles. The van der Waals surface area contributed by atoms with Crippen LogP contribution < -0.4 is 10.5 Å². The van der Waals surface area contributed by atoms with E-state index in [1.54, 1.807) is 6.07 Å². The molecule has 214 valence electrons. The number of rotatable bonds is 5. The molecule has 0 bridgehead atoms. The molecule has 4 aromatic rings. The van der Waals surface area contributed by atoms with Crippen LogP contribution in [0.5, 0.6) is 0 Å². The van der Waals surface area contributed by atoms with Crippen LogP contribution in [0, 0.1) is 5.82 Å². The number of anilines is 1. The number of aromatic nitrogens is 3. The van der Waals surface area contributed by atoms with Crippen LogP contribution in [0.1, 0.15) is 11.1 Å². The number of phosphoric acid groups is 1. The molecule has 16 heteroatoms. The minimum absolute atomic E-state index is 0.202. The van der Waals surface area contributed by atoms with Gasteiger partial charge in [-0.2, -0.15) is 13.2 Å². The number of hydrogen-bond donors (Lipinski definition) is 3. The zero-order chi connectivity index (χ0) is 29.9. The topological polar surface area (TPSA) is 130 Å². The van der Waals surface area contributed by atoms with Gasteiger partial charge in [0.1, 0.15) is 0 Å². The Morgan fingerprint density at radius 2 is 1.76 bits per heavy atom. The minimum atomic E-state index is -4.81. The Hall–Kier alpha value is -2.55. The van der Waals surface area contributed by atoms with Crippen molar-refractivity contribution < 1.29 is 41.5 Å². The van der Waals surface area contributed by atoms with E-state index in [1.165, 1.54) is 22.9 Å². The van der Waals surface area contributed by atoms with Crippen LogP contribution in [0.3, 0.4) is 0 Å². The van der Waals surface area contributed by atoms with Crippen molar-refractivity contribution in [3.63, 3.8) is 0 Å². The van der Waals surface area contributed by atoms with Crippen molar-refractivity contribution in [3.05, 3.63) is 82.3 Å². The Kier molecular flexibility index (Phi) is 9.77. The Morgan fingerprint density at radius 3 is 2.37 bits per heavy atom. The van der Waals surface area contributed by atoms with Gasteiger partial charge in [-0.3, -0.25) is 0 Å². The maximum atomic E-state index is 14.5. The summed E-state index contributed by atoms with van der Waals surface area (Å²) in [5, 5.41) is 0.913. The van der Waals surface area contributed by atoms with Crippen LogP contribution in [0.2, 0.25) is 0 Å². The van der Waals surface area contributed by atoms with Gasteiger partial charge in [-0.1, -0.05) is 0 Å². The molecule has 3 N–H and O–H groups in total. The summed E-state index contributed by atoms with van der Waals surface area (Å²) in [5.41, 5.74) is 1.33. The Labute approximate surface area is 248 Å². The van der Waals surface area contributed by atoms with Gasteiger partial charge in [-0.15, -0.1) is 0 Å². The van der Waals surface area contributed by atoms with E-state index < -0.39 is 30.9 Å². The molecule has 0 saturated carbocycles. The number of halogens is 4. The Bertz CT molecular complexity index is 1640. The molecule has 0 radical (unpaired) electrons. The van der Waals surface area contributed by atoms with Gasteiger partial charge in [0, 0.05) is 0 Å². The number of nitrogens with zero attached hydrogens (tertiary/aromatic N) is 4. The van der Waals surface area contributed by atoms with E-state index >= 15 is 0 Å². The summed E-state index contributed by atoms with van der Waals surface area (Å²) in [6.07, 6.45) is 0.506. The molecule has 0 unspecified atom stereocenters. The number of fused-ring (bicyclic) bond motifs is 1. The number of pyridine rings is 2. The van der Waals surface area contributed by atoms with Gasteiger partial charge < -0.3 is 14.7 Å². The number of morpholine rings is 1. The summed E-state index contributed by atoms with van der Waals surface area (Å²) in [7, 11) is -4.64. The standard InChI is InChI=1S/C25H21F4N4O2.Na.H3O4P/c1-31-15-20(19-12-18(13-30-24(19)31)32-7-9-35-10-8-32)16-5-6-33(22(34)11-16)14-17-3-2-4-21(23(17)26)25(27,28)29;;1-5(2,3)4/h2-6,11-13,15H,1,7-10,14H2;;(H3,1,2,3,4). The first kappa shape index (κ1) is 31.4. The van der Waals surface area contributed by atoms with Crippen molar-refractivity contribution in [2.75, 3.05) is 31.2 Å². The molecule has 41 heavy (non-hydrogen) atoms. The van der Waals surface area contributed by atoms with Gasteiger partial charge >= 0.3 is 211 Å². The van der Waals surface area contributed by atoms with E-state index in [4.69, 9.17) is 29.0 Å². The van der Waals surface area contributed by atoms with Gasteiger partial charge in [-0.25, -0.2) is 4.57 Å². The second kappa shape index (κ2) is 12.8. The molecule has 10 nitrogen and oxygen atoms in total. The summed E-state index contributed by atoms with van der Waals surface area (Å²) in [5.74, 6) is -1.36. The molecule has 4 heterocycles. The summed E-state index contributed by atoms with van der Waals surface area (Å²) < 4.78 is 72.1. The average Bonchev–Trinajstić information content (AvgIpc) is 3.28. The third-order valence-electron chi connectivity index (χ3n) is 6.45. The third-order valence-corrected chi connectivity index (χ3v) is 7.13. The molecule has 0 atom stereocenters. The van der Waals surface area contributed by atoms with Crippen molar-refractivity contribution in [2.24, 2.45) is 0 Å². The zero-order valence-corrected chi connectivity index (χ0v) is 24.6. The van der Waals surface area contributed by atoms with E-state index in [0.29, 0.717) is 24.8 Å². The van der Waals surface area contributed by atoms with Gasteiger partial charge in [0.2, 0.25) is 0 Å². The van der Waals surface area contributed by atoms with Gasteiger partial charge in [0.25, 0.3) is 0 Å². The maximum absolute atomic E-state index is 14.5. The second-order valence-electron chi connectivity index (χ2n) is 9.16. The SMILES string of the molecule is O=P(O)(O)O.O=c1cc(-c2cn([CH2][Na])c3ncc(N4CCOCC4)cc23)ccn1Cc1cccc(C(F)(F)F)c1F. The fourth-order valence-electron chi connectivity index (χ4n) is 4.54. The first-order valence-electron chi connectivity index (χ1n) is 12.4. The van der Waals surface area contributed by atoms with Crippen molar-refractivity contribution in [1.82, 2.24) is 14.1 Å². The molecule has 1 aliphatic heterocycles. The summed E-state index contributed by atoms with van der Waals surface area (Å²) in [4.78, 5) is 41.4. The molecule has 5 rings (SSSR count). The first-order valence-corrected chi connectivity index (χ1v) is 15.4. The van der Waals surface area contributed by atoms with Crippen LogP contribution in [-0.4, -0.2) is 83.0 Å². The van der Waals surface area contributed by atoms with Crippen LogP contribution in [0.4, 0.5) is 23.2 Å². The summed E-state index contributed by atoms with van der Waals surface area (Å²) >= 11 is 0.920. The molecule has 1 aliphatic rings. The molecule has 3 aromatic heterocycles. The predicted octanol–water partition coefficient (Wildman–Crippen LogP) is 3.11. The number of benzene rings is 1. The second-order valence-corrected chi connectivity index (χ2v) is 10.8. The quantitative estimate of drug-likeness (QED) is 0.180. The van der Waals surface area contributed by atoms with Crippen LogP contribution >= 0.6 is 7.82 Å². The fourth-order valence-corrected chi connectivity index (χ4v) is 5.02. The number of hydrogen-bond acceptors (Lipinski definition) is 5.